The Labute approximate surface area is 139 Å². The van der Waals surface area contributed by atoms with Crippen molar-refractivity contribution in [3.63, 3.8) is 0 Å². The van der Waals surface area contributed by atoms with Crippen LogP contribution in [0.1, 0.15) is 21.5 Å². The number of benzene rings is 1. The van der Waals surface area contributed by atoms with Crippen LogP contribution in [0.4, 0.5) is 0 Å². The summed E-state index contributed by atoms with van der Waals surface area (Å²) in [6, 6.07) is 12.9. The van der Waals surface area contributed by atoms with Crippen molar-refractivity contribution in [1.82, 2.24) is 9.88 Å². The molecule has 0 aliphatic carbocycles. The Hall–Kier alpha value is -3.08. The largest absolute Gasteiger partial charge is 0.472 e. The van der Waals surface area contributed by atoms with E-state index in [1.807, 2.05) is 31.2 Å². The van der Waals surface area contributed by atoms with Crippen molar-refractivity contribution in [3.05, 3.63) is 82.0 Å². The number of hydrogen-bond donors (Lipinski definition) is 1. The SMILES string of the molecule is Cc1cccc(-c2ccc(C(=O)N(C)Cc3ccoc3)c(=O)[nH]2)c1. The van der Waals surface area contributed by atoms with Gasteiger partial charge in [0.05, 0.1) is 12.5 Å². The molecule has 1 N–H and O–H groups in total. The number of aryl methyl sites for hydroxylation is 1. The number of hydrogen-bond acceptors (Lipinski definition) is 3. The van der Waals surface area contributed by atoms with E-state index in [1.165, 1.54) is 4.90 Å². The van der Waals surface area contributed by atoms with Crippen molar-refractivity contribution in [2.24, 2.45) is 0 Å². The smallest absolute Gasteiger partial charge is 0.261 e. The molecule has 122 valence electrons. The standard InChI is InChI=1S/C19H18N2O3/c1-13-4-3-5-15(10-13)17-7-6-16(18(22)20-17)19(23)21(2)11-14-8-9-24-12-14/h3-10,12H,11H2,1-2H3,(H,20,22). The monoisotopic (exact) mass is 322 g/mol. The zero-order valence-corrected chi connectivity index (χ0v) is 13.6. The normalized spacial score (nSPS) is 10.6. The highest BCUT2D eigenvalue weighted by Crippen LogP contribution is 2.17. The molecule has 0 saturated carbocycles. The summed E-state index contributed by atoms with van der Waals surface area (Å²) in [6.07, 6.45) is 3.13. The van der Waals surface area contributed by atoms with Gasteiger partial charge in [-0.15, -0.1) is 0 Å². The molecular formula is C19H18N2O3. The van der Waals surface area contributed by atoms with Crippen LogP contribution in [0.25, 0.3) is 11.3 Å². The number of aromatic amines is 1. The average molecular weight is 322 g/mol. The highest BCUT2D eigenvalue weighted by Gasteiger charge is 2.16. The Bertz CT molecular complexity index is 910. The van der Waals surface area contributed by atoms with Crippen LogP contribution in [-0.2, 0) is 6.54 Å². The van der Waals surface area contributed by atoms with Gasteiger partial charge in [0.2, 0.25) is 0 Å². The van der Waals surface area contributed by atoms with Gasteiger partial charge < -0.3 is 14.3 Å². The van der Waals surface area contributed by atoms with E-state index < -0.39 is 5.56 Å². The van der Waals surface area contributed by atoms with Crippen molar-refractivity contribution >= 4 is 5.91 Å². The Morgan fingerprint density at radius 1 is 1.21 bits per heavy atom. The molecule has 2 heterocycles. The van der Waals surface area contributed by atoms with E-state index in [9.17, 15) is 9.59 Å². The molecular weight excluding hydrogens is 304 g/mol. The molecule has 0 bridgehead atoms. The lowest BCUT2D eigenvalue weighted by molar-refractivity contribution is 0.0783. The van der Waals surface area contributed by atoms with Gasteiger partial charge in [0.25, 0.3) is 11.5 Å². The van der Waals surface area contributed by atoms with Crippen molar-refractivity contribution in [1.29, 1.82) is 0 Å². The predicted octanol–water partition coefficient (Wildman–Crippen LogP) is 3.22. The number of carbonyl (C=O) groups is 1. The molecule has 0 unspecified atom stereocenters. The predicted molar refractivity (Wildman–Crippen MR) is 91.7 cm³/mol. The van der Waals surface area contributed by atoms with E-state index in [0.29, 0.717) is 12.2 Å². The molecule has 24 heavy (non-hydrogen) atoms. The quantitative estimate of drug-likeness (QED) is 0.802. The van der Waals surface area contributed by atoms with Gasteiger partial charge in [-0.25, -0.2) is 0 Å². The van der Waals surface area contributed by atoms with Crippen LogP contribution in [0.15, 0.2) is 64.2 Å². The highest BCUT2D eigenvalue weighted by molar-refractivity contribution is 5.93. The summed E-state index contributed by atoms with van der Waals surface area (Å²) in [7, 11) is 1.66. The minimum atomic E-state index is -0.391. The van der Waals surface area contributed by atoms with Crippen molar-refractivity contribution in [2.45, 2.75) is 13.5 Å². The fourth-order valence-electron chi connectivity index (χ4n) is 2.56. The van der Waals surface area contributed by atoms with Crippen molar-refractivity contribution < 1.29 is 9.21 Å². The van der Waals surface area contributed by atoms with Gasteiger partial charge in [-0.05, 0) is 36.8 Å². The highest BCUT2D eigenvalue weighted by atomic mass is 16.3. The van der Waals surface area contributed by atoms with E-state index in [0.717, 1.165) is 16.7 Å². The second-order valence-corrected chi connectivity index (χ2v) is 5.78. The first-order valence-electron chi connectivity index (χ1n) is 7.61. The van der Waals surface area contributed by atoms with Gasteiger partial charge in [-0.3, -0.25) is 9.59 Å². The van der Waals surface area contributed by atoms with Crippen molar-refractivity contribution in [2.75, 3.05) is 7.05 Å². The van der Waals surface area contributed by atoms with E-state index in [-0.39, 0.29) is 11.5 Å². The minimum absolute atomic E-state index is 0.123. The molecule has 1 aromatic carbocycles. The number of amides is 1. The summed E-state index contributed by atoms with van der Waals surface area (Å²) in [4.78, 5) is 29.1. The van der Waals surface area contributed by atoms with Crippen LogP contribution < -0.4 is 5.56 Å². The van der Waals surface area contributed by atoms with Crippen molar-refractivity contribution in [3.8, 4) is 11.3 Å². The number of furan rings is 1. The molecule has 2 aromatic heterocycles. The molecule has 0 aliphatic heterocycles. The van der Waals surface area contributed by atoms with Gasteiger partial charge in [-0.2, -0.15) is 0 Å². The lowest BCUT2D eigenvalue weighted by Gasteiger charge is -2.16. The van der Waals surface area contributed by atoms with Gasteiger partial charge in [0, 0.05) is 24.8 Å². The molecule has 0 radical (unpaired) electrons. The van der Waals surface area contributed by atoms with Crippen LogP contribution in [0.2, 0.25) is 0 Å². The summed E-state index contributed by atoms with van der Waals surface area (Å²) < 4.78 is 4.99. The summed E-state index contributed by atoms with van der Waals surface area (Å²) in [5.41, 5.74) is 3.32. The third kappa shape index (κ3) is 3.30. The molecule has 0 atom stereocenters. The van der Waals surface area contributed by atoms with Crippen LogP contribution in [-0.4, -0.2) is 22.8 Å². The fraction of sp³-hybridized carbons (Fsp3) is 0.158. The summed E-state index contributed by atoms with van der Waals surface area (Å²) in [5.74, 6) is -0.326. The lowest BCUT2D eigenvalue weighted by Crippen LogP contribution is -2.31. The number of H-pyrrole nitrogens is 1. The summed E-state index contributed by atoms with van der Waals surface area (Å²) in [6.45, 7) is 2.37. The molecule has 0 fully saturated rings. The maximum absolute atomic E-state index is 12.5. The molecule has 3 rings (SSSR count). The Balaban J connectivity index is 1.84. The number of aromatic nitrogens is 1. The van der Waals surface area contributed by atoms with Gasteiger partial charge in [-0.1, -0.05) is 23.8 Å². The van der Waals surface area contributed by atoms with E-state index in [2.05, 4.69) is 4.98 Å². The maximum Gasteiger partial charge on any atom is 0.261 e. The zero-order chi connectivity index (χ0) is 17.1. The van der Waals surface area contributed by atoms with Gasteiger partial charge >= 0.3 is 0 Å². The third-order valence-electron chi connectivity index (χ3n) is 3.82. The minimum Gasteiger partial charge on any atom is -0.472 e. The third-order valence-corrected chi connectivity index (χ3v) is 3.82. The van der Waals surface area contributed by atoms with Gasteiger partial charge in [0.15, 0.2) is 0 Å². The van der Waals surface area contributed by atoms with E-state index >= 15 is 0 Å². The second kappa shape index (κ2) is 6.58. The van der Waals surface area contributed by atoms with Gasteiger partial charge in [0.1, 0.15) is 5.56 Å². The molecule has 5 heteroatoms. The lowest BCUT2D eigenvalue weighted by atomic mass is 10.1. The van der Waals surface area contributed by atoms with E-state index in [1.54, 1.807) is 37.8 Å². The first-order chi connectivity index (χ1) is 11.5. The number of carbonyl (C=O) groups excluding carboxylic acids is 1. The summed E-state index contributed by atoms with van der Waals surface area (Å²) >= 11 is 0. The average Bonchev–Trinajstić information content (AvgIpc) is 3.07. The Morgan fingerprint density at radius 3 is 2.71 bits per heavy atom. The van der Waals surface area contributed by atoms with Crippen LogP contribution >= 0.6 is 0 Å². The molecule has 3 aromatic rings. The number of nitrogens with zero attached hydrogens (tertiary/aromatic N) is 1. The first-order valence-corrected chi connectivity index (χ1v) is 7.61. The van der Waals surface area contributed by atoms with E-state index in [4.69, 9.17) is 4.42 Å². The zero-order valence-electron chi connectivity index (χ0n) is 13.6. The molecule has 1 amide bonds. The van der Waals surface area contributed by atoms with Crippen LogP contribution in [0.5, 0.6) is 0 Å². The van der Waals surface area contributed by atoms with Crippen LogP contribution in [0, 0.1) is 6.92 Å². The second-order valence-electron chi connectivity index (χ2n) is 5.78. The molecule has 5 nitrogen and oxygen atoms in total. The maximum atomic E-state index is 12.5. The molecule has 0 saturated heterocycles. The fourth-order valence-corrected chi connectivity index (χ4v) is 2.56. The first kappa shape index (κ1) is 15.8. The molecule has 0 spiro atoms. The Kier molecular flexibility index (Phi) is 4.33. The molecule has 0 aliphatic rings. The Morgan fingerprint density at radius 2 is 2.04 bits per heavy atom. The number of rotatable bonds is 4. The summed E-state index contributed by atoms with van der Waals surface area (Å²) in [5, 5.41) is 0. The number of nitrogens with one attached hydrogen (secondary N) is 1. The van der Waals surface area contributed by atoms with Crippen LogP contribution in [0.3, 0.4) is 0 Å². The number of pyridine rings is 1. The topological polar surface area (TPSA) is 66.3 Å².